The molecule has 82 valence electrons. The van der Waals surface area contributed by atoms with Crippen LogP contribution in [-0.2, 0) is 0 Å². The summed E-state index contributed by atoms with van der Waals surface area (Å²) >= 11 is 0. The number of aryl methyl sites for hydroxylation is 1. The van der Waals surface area contributed by atoms with E-state index < -0.39 is 5.63 Å². The van der Waals surface area contributed by atoms with Crippen LogP contribution >= 0.6 is 0 Å². The van der Waals surface area contributed by atoms with Crippen molar-refractivity contribution < 1.29 is 14.3 Å². The van der Waals surface area contributed by atoms with Crippen molar-refractivity contribution in [1.29, 1.82) is 0 Å². The molecule has 0 aliphatic carbocycles. The fraction of sp³-hybridized carbons (Fsp3) is 0.167. The number of hydrogen-bond donors (Lipinski definition) is 1. The Labute approximate surface area is 91.1 Å². The zero-order valence-electron chi connectivity index (χ0n) is 8.90. The van der Waals surface area contributed by atoms with Gasteiger partial charge >= 0.3 is 5.63 Å². The van der Waals surface area contributed by atoms with E-state index in [1.54, 1.807) is 13.0 Å². The minimum absolute atomic E-state index is 0.0295. The van der Waals surface area contributed by atoms with Gasteiger partial charge in [0.15, 0.2) is 5.78 Å². The van der Waals surface area contributed by atoms with E-state index in [2.05, 4.69) is 0 Å². The standard InChI is InChI=1S/C12H10O4/c1-6(13)11-7(2)16-12(15)10-5-8(14)3-4-9(10)11/h3-5,14H,1-2H3. The molecular weight excluding hydrogens is 208 g/mol. The minimum atomic E-state index is -0.548. The Bertz CT molecular complexity index is 637. The van der Waals surface area contributed by atoms with E-state index in [4.69, 9.17) is 4.42 Å². The summed E-state index contributed by atoms with van der Waals surface area (Å²) in [4.78, 5) is 23.0. The van der Waals surface area contributed by atoms with E-state index in [-0.39, 0.29) is 16.9 Å². The van der Waals surface area contributed by atoms with Crippen LogP contribution in [0.15, 0.2) is 27.4 Å². The van der Waals surface area contributed by atoms with Crippen LogP contribution in [0.2, 0.25) is 0 Å². The van der Waals surface area contributed by atoms with E-state index >= 15 is 0 Å². The first-order chi connectivity index (χ1) is 7.50. The van der Waals surface area contributed by atoms with Gasteiger partial charge in [-0.2, -0.15) is 0 Å². The highest BCUT2D eigenvalue weighted by molar-refractivity contribution is 6.07. The topological polar surface area (TPSA) is 67.5 Å². The monoisotopic (exact) mass is 218 g/mol. The van der Waals surface area contributed by atoms with Crippen LogP contribution in [-0.4, -0.2) is 10.9 Å². The van der Waals surface area contributed by atoms with Gasteiger partial charge in [0.25, 0.3) is 0 Å². The Morgan fingerprint density at radius 3 is 2.62 bits per heavy atom. The summed E-state index contributed by atoms with van der Waals surface area (Å²) in [5, 5.41) is 10.0. The first-order valence-electron chi connectivity index (χ1n) is 4.78. The molecule has 0 fully saturated rings. The molecule has 2 rings (SSSR count). The second-order valence-electron chi connectivity index (χ2n) is 3.61. The zero-order valence-corrected chi connectivity index (χ0v) is 8.90. The van der Waals surface area contributed by atoms with Gasteiger partial charge in [0.1, 0.15) is 11.5 Å². The Balaban J connectivity index is 3.02. The zero-order chi connectivity index (χ0) is 11.9. The number of hydrogen-bond acceptors (Lipinski definition) is 4. The lowest BCUT2D eigenvalue weighted by atomic mass is 10.0. The van der Waals surface area contributed by atoms with Crippen LogP contribution in [0.25, 0.3) is 10.8 Å². The van der Waals surface area contributed by atoms with Crippen molar-refractivity contribution in [3.8, 4) is 5.75 Å². The predicted molar refractivity (Wildman–Crippen MR) is 58.9 cm³/mol. The molecule has 2 aromatic rings. The first-order valence-corrected chi connectivity index (χ1v) is 4.78. The fourth-order valence-electron chi connectivity index (χ4n) is 1.79. The summed E-state index contributed by atoms with van der Waals surface area (Å²) in [6, 6.07) is 4.28. The average Bonchev–Trinajstić information content (AvgIpc) is 2.18. The van der Waals surface area contributed by atoms with Gasteiger partial charge in [-0.3, -0.25) is 4.79 Å². The maximum absolute atomic E-state index is 11.5. The lowest BCUT2D eigenvalue weighted by Gasteiger charge is -2.05. The molecule has 4 nitrogen and oxygen atoms in total. The van der Waals surface area contributed by atoms with Gasteiger partial charge in [-0.1, -0.05) is 0 Å². The van der Waals surface area contributed by atoms with Crippen LogP contribution < -0.4 is 5.63 Å². The third-order valence-corrected chi connectivity index (χ3v) is 2.44. The Kier molecular flexibility index (Phi) is 2.27. The molecule has 0 spiro atoms. The van der Waals surface area contributed by atoms with E-state index in [0.717, 1.165) is 0 Å². The molecular formula is C12H10O4. The number of rotatable bonds is 1. The molecule has 0 saturated heterocycles. The minimum Gasteiger partial charge on any atom is -0.508 e. The average molecular weight is 218 g/mol. The van der Waals surface area contributed by atoms with Gasteiger partial charge in [-0.05, 0) is 32.0 Å². The molecule has 0 saturated carbocycles. The Morgan fingerprint density at radius 1 is 1.31 bits per heavy atom. The number of carbonyl (C=O) groups excluding carboxylic acids is 1. The summed E-state index contributed by atoms with van der Waals surface area (Å²) in [5.41, 5.74) is -0.164. The molecule has 4 heteroatoms. The van der Waals surface area contributed by atoms with E-state index in [9.17, 15) is 14.7 Å². The molecule has 1 aromatic carbocycles. The van der Waals surface area contributed by atoms with Gasteiger partial charge in [0, 0.05) is 5.39 Å². The third-order valence-electron chi connectivity index (χ3n) is 2.44. The molecule has 0 bridgehead atoms. The molecule has 0 aliphatic rings. The largest absolute Gasteiger partial charge is 0.508 e. The predicted octanol–water partition coefficient (Wildman–Crippen LogP) is 2.01. The quantitative estimate of drug-likeness (QED) is 0.743. The first kappa shape index (κ1) is 10.4. The molecule has 0 radical (unpaired) electrons. The molecule has 1 aromatic heterocycles. The van der Waals surface area contributed by atoms with Gasteiger partial charge in [0.2, 0.25) is 0 Å². The SMILES string of the molecule is CC(=O)c1c(C)oc(=O)c2cc(O)ccc12. The van der Waals surface area contributed by atoms with Crippen LogP contribution in [0, 0.1) is 6.92 Å². The highest BCUT2D eigenvalue weighted by Gasteiger charge is 2.14. The smallest absolute Gasteiger partial charge is 0.343 e. The third kappa shape index (κ3) is 1.48. The highest BCUT2D eigenvalue weighted by atomic mass is 16.4. The highest BCUT2D eigenvalue weighted by Crippen LogP contribution is 2.23. The van der Waals surface area contributed by atoms with Crippen molar-refractivity contribution in [2.24, 2.45) is 0 Å². The second-order valence-corrected chi connectivity index (χ2v) is 3.61. The summed E-state index contributed by atoms with van der Waals surface area (Å²) < 4.78 is 4.95. The number of carbonyl (C=O) groups is 1. The van der Waals surface area contributed by atoms with Gasteiger partial charge < -0.3 is 9.52 Å². The number of fused-ring (bicyclic) bond motifs is 1. The summed E-state index contributed by atoms with van der Waals surface area (Å²) in [6.45, 7) is 2.99. The van der Waals surface area contributed by atoms with E-state index in [1.807, 2.05) is 0 Å². The second kappa shape index (κ2) is 3.48. The number of Topliss-reactive ketones (excluding diaryl/α,β-unsaturated/α-hetero) is 1. The Morgan fingerprint density at radius 2 is 2.00 bits per heavy atom. The summed E-state index contributed by atoms with van der Waals surface area (Å²) in [6.07, 6.45) is 0. The van der Waals surface area contributed by atoms with Crippen molar-refractivity contribution in [1.82, 2.24) is 0 Å². The number of aromatic hydroxyl groups is 1. The lowest BCUT2D eigenvalue weighted by Crippen LogP contribution is -2.07. The molecule has 0 aliphatic heterocycles. The molecule has 0 amide bonds. The molecule has 16 heavy (non-hydrogen) atoms. The number of phenolic OH excluding ortho intramolecular Hbond substituents is 1. The van der Waals surface area contributed by atoms with Crippen molar-refractivity contribution in [2.45, 2.75) is 13.8 Å². The van der Waals surface area contributed by atoms with Crippen molar-refractivity contribution in [2.75, 3.05) is 0 Å². The molecule has 0 unspecified atom stereocenters. The van der Waals surface area contributed by atoms with E-state index in [1.165, 1.54) is 19.1 Å². The van der Waals surface area contributed by atoms with Crippen LogP contribution in [0.3, 0.4) is 0 Å². The van der Waals surface area contributed by atoms with Crippen LogP contribution in [0.4, 0.5) is 0 Å². The van der Waals surface area contributed by atoms with Crippen LogP contribution in [0.1, 0.15) is 23.0 Å². The molecule has 0 atom stereocenters. The normalized spacial score (nSPS) is 10.6. The lowest BCUT2D eigenvalue weighted by molar-refractivity contribution is 0.101. The number of ketones is 1. The van der Waals surface area contributed by atoms with Gasteiger partial charge in [-0.15, -0.1) is 0 Å². The number of benzene rings is 1. The molecule has 1 heterocycles. The van der Waals surface area contributed by atoms with Crippen LogP contribution in [0.5, 0.6) is 5.75 Å². The van der Waals surface area contributed by atoms with Gasteiger partial charge in [0.05, 0.1) is 10.9 Å². The maximum Gasteiger partial charge on any atom is 0.343 e. The summed E-state index contributed by atoms with van der Waals surface area (Å²) in [5.74, 6) is 0.103. The fourth-order valence-corrected chi connectivity index (χ4v) is 1.79. The van der Waals surface area contributed by atoms with Crippen molar-refractivity contribution >= 4 is 16.6 Å². The van der Waals surface area contributed by atoms with Crippen molar-refractivity contribution in [3.05, 3.63) is 39.9 Å². The van der Waals surface area contributed by atoms with Crippen molar-refractivity contribution in [3.63, 3.8) is 0 Å². The molecule has 1 N–H and O–H groups in total. The van der Waals surface area contributed by atoms with Gasteiger partial charge in [-0.25, -0.2) is 4.79 Å². The van der Waals surface area contributed by atoms with E-state index in [0.29, 0.717) is 16.7 Å². The summed E-state index contributed by atoms with van der Waals surface area (Å²) in [7, 11) is 0. The maximum atomic E-state index is 11.5. The number of phenols is 1. The Hall–Kier alpha value is -2.10.